The number of methoxy groups -OCH3 is 1. The van der Waals surface area contributed by atoms with E-state index in [1.54, 1.807) is 7.11 Å². The first-order valence-corrected chi connectivity index (χ1v) is 10.5. The first-order valence-electron chi connectivity index (χ1n) is 10.5. The van der Waals surface area contributed by atoms with Gasteiger partial charge in [-0.3, -0.25) is 9.69 Å². The Morgan fingerprint density at radius 1 is 1.13 bits per heavy atom. The highest BCUT2D eigenvalue weighted by molar-refractivity contribution is 5.73. The lowest BCUT2D eigenvalue weighted by Crippen LogP contribution is -2.46. The molecule has 6 heteroatoms. The van der Waals surface area contributed by atoms with Gasteiger partial charge in [0.05, 0.1) is 19.8 Å². The van der Waals surface area contributed by atoms with Crippen LogP contribution < -0.4 is 14.4 Å². The van der Waals surface area contributed by atoms with Gasteiger partial charge in [-0.15, -0.1) is 0 Å². The molecule has 0 amide bonds. The van der Waals surface area contributed by atoms with E-state index < -0.39 is 12.0 Å². The molecule has 2 aromatic carbocycles. The number of carbonyl (C=O) groups is 1. The molecule has 1 N–H and O–H groups in total. The quantitative estimate of drug-likeness (QED) is 0.702. The molecule has 1 heterocycles. The average molecular weight is 413 g/mol. The first-order chi connectivity index (χ1) is 14.5. The van der Waals surface area contributed by atoms with Crippen molar-refractivity contribution in [3.63, 3.8) is 0 Å². The molecule has 0 spiro atoms. The molecule has 1 saturated heterocycles. The molecular weight excluding hydrogens is 380 g/mol. The number of aliphatic carboxylic acids is 1. The van der Waals surface area contributed by atoms with E-state index in [1.165, 1.54) is 0 Å². The molecule has 2 atom stereocenters. The number of carboxylic acids is 1. The van der Waals surface area contributed by atoms with E-state index in [1.807, 2.05) is 39.2 Å². The Morgan fingerprint density at radius 3 is 2.43 bits per heavy atom. The molecular formula is C24H32N2O4. The maximum atomic E-state index is 12.0. The summed E-state index contributed by atoms with van der Waals surface area (Å²) in [6.45, 7) is 3.23. The zero-order valence-electron chi connectivity index (χ0n) is 18.3. The van der Waals surface area contributed by atoms with E-state index in [-0.39, 0.29) is 6.04 Å². The predicted molar refractivity (Wildman–Crippen MR) is 119 cm³/mol. The Labute approximate surface area is 179 Å². The van der Waals surface area contributed by atoms with Gasteiger partial charge in [-0.1, -0.05) is 24.6 Å². The van der Waals surface area contributed by atoms with Crippen LogP contribution in [0, 0.1) is 0 Å². The summed E-state index contributed by atoms with van der Waals surface area (Å²) < 4.78 is 11.2. The number of nitrogens with zero attached hydrogens (tertiary/aromatic N) is 2. The third-order valence-electron chi connectivity index (χ3n) is 5.69. The fourth-order valence-electron chi connectivity index (χ4n) is 4.19. The summed E-state index contributed by atoms with van der Waals surface area (Å²) in [5, 5.41) is 9.89. The number of ether oxygens (including phenoxy) is 2. The predicted octanol–water partition coefficient (Wildman–Crippen LogP) is 4.19. The normalized spacial score (nSPS) is 17.9. The number of anilines is 1. The maximum Gasteiger partial charge on any atom is 0.320 e. The maximum absolute atomic E-state index is 12.0. The van der Waals surface area contributed by atoms with E-state index in [9.17, 15) is 9.90 Å². The lowest BCUT2D eigenvalue weighted by atomic mass is 9.91. The van der Waals surface area contributed by atoms with Gasteiger partial charge in [0.15, 0.2) is 11.5 Å². The van der Waals surface area contributed by atoms with E-state index in [0.29, 0.717) is 24.5 Å². The van der Waals surface area contributed by atoms with Crippen LogP contribution in [0.1, 0.15) is 43.4 Å². The highest BCUT2D eigenvalue weighted by Crippen LogP contribution is 2.38. The third kappa shape index (κ3) is 4.70. The minimum Gasteiger partial charge on any atom is -0.493 e. The standard InChI is InChI=1S/C24H32N2O4/c1-5-30-21-14-11-18(16-22(21)29-4)23(17-9-12-19(13-10-17)25(2)3)26-15-7-6-8-20(26)24(27)28/h9-14,16,20,23H,5-8,15H2,1-4H3,(H,27,28). The molecule has 0 aromatic heterocycles. The Morgan fingerprint density at radius 2 is 1.83 bits per heavy atom. The van der Waals surface area contributed by atoms with Crippen molar-refractivity contribution in [2.75, 3.05) is 39.3 Å². The summed E-state index contributed by atoms with van der Waals surface area (Å²) in [6, 6.07) is 13.6. The van der Waals surface area contributed by atoms with Crippen LogP contribution in [0.15, 0.2) is 42.5 Å². The zero-order chi connectivity index (χ0) is 21.7. The van der Waals surface area contributed by atoms with Gasteiger partial charge in [0.1, 0.15) is 6.04 Å². The second kappa shape index (κ2) is 9.85. The fourth-order valence-corrected chi connectivity index (χ4v) is 4.19. The van der Waals surface area contributed by atoms with Crippen LogP contribution in [0.25, 0.3) is 0 Å². The van der Waals surface area contributed by atoms with Crippen LogP contribution >= 0.6 is 0 Å². The van der Waals surface area contributed by atoms with Gasteiger partial charge in [0.2, 0.25) is 0 Å². The minimum atomic E-state index is -0.762. The summed E-state index contributed by atoms with van der Waals surface area (Å²) in [5.41, 5.74) is 3.18. The lowest BCUT2D eigenvalue weighted by molar-refractivity contribution is -0.145. The average Bonchev–Trinajstić information content (AvgIpc) is 2.75. The van der Waals surface area contributed by atoms with Gasteiger partial charge in [-0.25, -0.2) is 0 Å². The van der Waals surface area contributed by atoms with E-state index >= 15 is 0 Å². The van der Waals surface area contributed by atoms with Crippen molar-refractivity contribution in [2.45, 2.75) is 38.3 Å². The summed E-state index contributed by atoms with van der Waals surface area (Å²) in [7, 11) is 5.65. The van der Waals surface area contributed by atoms with Crippen LogP contribution in [-0.2, 0) is 4.79 Å². The number of hydrogen-bond donors (Lipinski definition) is 1. The molecule has 1 fully saturated rings. The molecule has 6 nitrogen and oxygen atoms in total. The summed E-state index contributed by atoms with van der Waals surface area (Å²) in [5.74, 6) is 0.592. The highest BCUT2D eigenvalue weighted by Gasteiger charge is 2.35. The van der Waals surface area contributed by atoms with Gasteiger partial charge in [0, 0.05) is 19.8 Å². The van der Waals surface area contributed by atoms with Crippen molar-refractivity contribution in [1.29, 1.82) is 0 Å². The second-order valence-corrected chi connectivity index (χ2v) is 7.82. The van der Waals surface area contributed by atoms with Gasteiger partial charge in [-0.05, 0) is 61.7 Å². The molecule has 0 bridgehead atoms. The zero-order valence-corrected chi connectivity index (χ0v) is 18.3. The van der Waals surface area contributed by atoms with Crippen molar-refractivity contribution in [1.82, 2.24) is 4.90 Å². The molecule has 1 aliphatic heterocycles. The monoisotopic (exact) mass is 412 g/mol. The Kier molecular flexibility index (Phi) is 7.21. The lowest BCUT2D eigenvalue weighted by Gasteiger charge is -2.40. The van der Waals surface area contributed by atoms with Gasteiger partial charge in [0.25, 0.3) is 0 Å². The van der Waals surface area contributed by atoms with Crippen LogP contribution in [-0.4, -0.2) is 56.4 Å². The van der Waals surface area contributed by atoms with Crippen LogP contribution in [0.4, 0.5) is 5.69 Å². The SMILES string of the molecule is CCOc1ccc(C(c2ccc(N(C)C)cc2)N2CCCCC2C(=O)O)cc1OC. The number of piperidine rings is 1. The van der Waals surface area contributed by atoms with E-state index in [0.717, 1.165) is 36.2 Å². The number of hydrogen-bond acceptors (Lipinski definition) is 5. The smallest absolute Gasteiger partial charge is 0.320 e. The highest BCUT2D eigenvalue weighted by atomic mass is 16.5. The Balaban J connectivity index is 2.08. The van der Waals surface area contributed by atoms with Gasteiger partial charge in [-0.2, -0.15) is 0 Å². The first kappa shape index (κ1) is 22.0. The summed E-state index contributed by atoms with van der Waals surface area (Å²) >= 11 is 0. The van der Waals surface area contributed by atoms with Crippen LogP contribution in [0.2, 0.25) is 0 Å². The van der Waals surface area contributed by atoms with Gasteiger partial charge < -0.3 is 19.5 Å². The molecule has 0 radical (unpaired) electrons. The largest absolute Gasteiger partial charge is 0.493 e. The topological polar surface area (TPSA) is 62.2 Å². The third-order valence-corrected chi connectivity index (χ3v) is 5.69. The summed E-state index contributed by atoms with van der Waals surface area (Å²) in [4.78, 5) is 16.2. The molecule has 2 aromatic rings. The van der Waals surface area contributed by atoms with Crippen LogP contribution in [0.3, 0.4) is 0 Å². The fraction of sp³-hybridized carbons (Fsp3) is 0.458. The molecule has 0 saturated carbocycles. The number of rotatable bonds is 8. The molecule has 162 valence electrons. The number of likely N-dealkylation sites (tertiary alicyclic amines) is 1. The van der Waals surface area contributed by atoms with Crippen molar-refractivity contribution in [2.24, 2.45) is 0 Å². The number of carboxylic acid groups (broad SMARTS) is 1. The van der Waals surface area contributed by atoms with Crippen molar-refractivity contribution < 1.29 is 19.4 Å². The van der Waals surface area contributed by atoms with Crippen molar-refractivity contribution in [3.05, 3.63) is 53.6 Å². The van der Waals surface area contributed by atoms with E-state index in [4.69, 9.17) is 9.47 Å². The number of benzene rings is 2. The minimum absolute atomic E-state index is 0.174. The molecule has 0 aliphatic carbocycles. The molecule has 1 aliphatic rings. The molecule has 2 unspecified atom stereocenters. The van der Waals surface area contributed by atoms with Gasteiger partial charge >= 0.3 is 5.97 Å². The molecule has 30 heavy (non-hydrogen) atoms. The van der Waals surface area contributed by atoms with Crippen LogP contribution in [0.5, 0.6) is 11.5 Å². The van der Waals surface area contributed by atoms with Crippen molar-refractivity contribution in [3.8, 4) is 11.5 Å². The Hall–Kier alpha value is -2.73. The Bertz CT molecular complexity index is 851. The molecule has 3 rings (SSSR count). The van der Waals surface area contributed by atoms with E-state index in [2.05, 4.69) is 34.1 Å². The summed E-state index contributed by atoms with van der Waals surface area (Å²) in [6.07, 6.45) is 2.59. The van der Waals surface area contributed by atoms with Crippen molar-refractivity contribution >= 4 is 11.7 Å². The second-order valence-electron chi connectivity index (χ2n) is 7.82.